The van der Waals surface area contributed by atoms with Gasteiger partial charge in [-0.2, -0.15) is 0 Å². The molecule has 1 fully saturated rings. The molecule has 5 nitrogen and oxygen atoms in total. The average Bonchev–Trinajstić information content (AvgIpc) is 2.94. The van der Waals surface area contributed by atoms with Gasteiger partial charge >= 0.3 is 0 Å². The fraction of sp³-hybridized carbons (Fsp3) is 0.600. The van der Waals surface area contributed by atoms with E-state index in [1.165, 1.54) is 19.3 Å². The van der Waals surface area contributed by atoms with Crippen LogP contribution < -0.4 is 5.73 Å². The number of nitrogens with zero attached hydrogens (tertiary/aromatic N) is 2. The molecule has 0 saturated heterocycles. The van der Waals surface area contributed by atoms with Crippen molar-refractivity contribution in [3.8, 4) is 0 Å². The highest BCUT2D eigenvalue weighted by atomic mass is 16.6. The van der Waals surface area contributed by atoms with Crippen molar-refractivity contribution in [1.29, 1.82) is 0 Å². The Bertz CT molecular complexity index is 461. The zero-order valence-electron chi connectivity index (χ0n) is 12.2. The van der Waals surface area contributed by atoms with E-state index in [0.29, 0.717) is 12.0 Å². The third-order valence-electron chi connectivity index (χ3n) is 4.64. The normalized spacial score (nSPS) is 24.0. The van der Waals surface area contributed by atoms with Gasteiger partial charge in [-0.15, -0.1) is 0 Å². The van der Waals surface area contributed by atoms with Crippen molar-refractivity contribution in [2.45, 2.75) is 38.3 Å². The number of rotatable bonds is 5. The van der Waals surface area contributed by atoms with E-state index in [-0.39, 0.29) is 16.7 Å². The molecule has 2 rings (SSSR count). The lowest BCUT2D eigenvalue weighted by molar-refractivity contribution is -0.384. The minimum atomic E-state index is -0.362. The van der Waals surface area contributed by atoms with Crippen LogP contribution in [0.2, 0.25) is 0 Å². The fourth-order valence-electron chi connectivity index (χ4n) is 3.23. The summed E-state index contributed by atoms with van der Waals surface area (Å²) in [5.74, 6) is 0.570. The van der Waals surface area contributed by atoms with Crippen molar-refractivity contribution in [2.24, 2.45) is 11.7 Å². The Morgan fingerprint density at radius 3 is 2.60 bits per heavy atom. The van der Waals surface area contributed by atoms with Crippen LogP contribution in [0.1, 0.15) is 37.8 Å². The van der Waals surface area contributed by atoms with Gasteiger partial charge in [0.05, 0.1) is 4.92 Å². The van der Waals surface area contributed by atoms with Gasteiger partial charge in [0.25, 0.3) is 5.69 Å². The summed E-state index contributed by atoms with van der Waals surface area (Å²) in [4.78, 5) is 12.7. The molecule has 2 N–H and O–H groups in total. The Morgan fingerprint density at radius 2 is 2.05 bits per heavy atom. The van der Waals surface area contributed by atoms with Gasteiger partial charge in [-0.25, -0.2) is 0 Å². The summed E-state index contributed by atoms with van der Waals surface area (Å²) < 4.78 is 0. The van der Waals surface area contributed by atoms with Crippen LogP contribution in [0.3, 0.4) is 0 Å². The summed E-state index contributed by atoms with van der Waals surface area (Å²) in [6.07, 6.45) is 3.64. The lowest BCUT2D eigenvalue weighted by atomic mass is 9.99. The molecule has 0 spiro atoms. The van der Waals surface area contributed by atoms with Gasteiger partial charge in [-0.05, 0) is 44.8 Å². The molecule has 3 atom stereocenters. The van der Waals surface area contributed by atoms with Gasteiger partial charge in [-0.3, -0.25) is 15.0 Å². The highest BCUT2D eigenvalue weighted by molar-refractivity contribution is 5.34. The van der Waals surface area contributed by atoms with Crippen molar-refractivity contribution < 1.29 is 4.92 Å². The molecular weight excluding hydrogens is 254 g/mol. The van der Waals surface area contributed by atoms with Crippen LogP contribution in [-0.2, 0) is 0 Å². The Morgan fingerprint density at radius 1 is 1.40 bits per heavy atom. The number of hydrogen-bond acceptors (Lipinski definition) is 4. The lowest BCUT2D eigenvalue weighted by Gasteiger charge is -2.34. The zero-order chi connectivity index (χ0) is 14.7. The molecule has 0 amide bonds. The molecule has 5 heteroatoms. The summed E-state index contributed by atoms with van der Waals surface area (Å²) in [5.41, 5.74) is 7.11. The van der Waals surface area contributed by atoms with Gasteiger partial charge < -0.3 is 5.73 Å². The predicted molar refractivity (Wildman–Crippen MR) is 79.5 cm³/mol. The van der Waals surface area contributed by atoms with Crippen molar-refractivity contribution in [2.75, 3.05) is 13.6 Å². The van der Waals surface area contributed by atoms with E-state index in [9.17, 15) is 10.1 Å². The van der Waals surface area contributed by atoms with Gasteiger partial charge in [0.2, 0.25) is 0 Å². The largest absolute Gasteiger partial charge is 0.330 e. The molecule has 1 aliphatic rings. The van der Waals surface area contributed by atoms with E-state index in [4.69, 9.17) is 5.73 Å². The van der Waals surface area contributed by atoms with Crippen LogP contribution in [0, 0.1) is 16.0 Å². The molecular formula is C15H23N3O2. The second-order valence-corrected chi connectivity index (χ2v) is 5.68. The summed E-state index contributed by atoms with van der Waals surface area (Å²) in [6.45, 7) is 2.88. The summed E-state index contributed by atoms with van der Waals surface area (Å²) in [7, 11) is 2.13. The van der Waals surface area contributed by atoms with E-state index in [0.717, 1.165) is 12.1 Å². The maximum atomic E-state index is 10.7. The standard InChI is InChI=1S/C15H23N3O2/c1-11(12-6-8-14(9-7-12)18(19)20)17(2)15-5-3-4-13(15)10-16/h6-9,11,13,15H,3-5,10,16H2,1-2H3. The van der Waals surface area contributed by atoms with Gasteiger partial charge in [0, 0.05) is 24.2 Å². The van der Waals surface area contributed by atoms with Crippen molar-refractivity contribution in [1.82, 2.24) is 4.90 Å². The number of benzene rings is 1. The smallest absolute Gasteiger partial charge is 0.269 e. The molecule has 3 unspecified atom stereocenters. The maximum Gasteiger partial charge on any atom is 0.269 e. The van der Waals surface area contributed by atoms with Crippen LogP contribution in [0.25, 0.3) is 0 Å². The Kier molecular flexibility index (Phi) is 4.73. The first-order valence-electron chi connectivity index (χ1n) is 7.21. The second-order valence-electron chi connectivity index (χ2n) is 5.68. The average molecular weight is 277 g/mol. The molecule has 0 heterocycles. The maximum absolute atomic E-state index is 10.7. The number of hydrogen-bond donors (Lipinski definition) is 1. The second kappa shape index (κ2) is 6.33. The molecule has 110 valence electrons. The molecule has 1 aromatic carbocycles. The highest BCUT2D eigenvalue weighted by Gasteiger charge is 2.31. The first kappa shape index (κ1) is 14.9. The minimum absolute atomic E-state index is 0.143. The van der Waals surface area contributed by atoms with Gasteiger partial charge in [-0.1, -0.05) is 18.6 Å². The molecule has 0 aromatic heterocycles. The van der Waals surface area contributed by atoms with E-state index >= 15 is 0 Å². The Labute approximate surface area is 119 Å². The molecule has 1 saturated carbocycles. The molecule has 0 aliphatic heterocycles. The number of nitro benzene ring substituents is 1. The Balaban J connectivity index is 2.09. The predicted octanol–water partition coefficient (Wildman–Crippen LogP) is 2.71. The molecule has 1 aliphatic carbocycles. The van der Waals surface area contributed by atoms with Gasteiger partial charge in [0.1, 0.15) is 0 Å². The van der Waals surface area contributed by atoms with Crippen LogP contribution in [0.15, 0.2) is 24.3 Å². The SMILES string of the molecule is CC(c1ccc([N+](=O)[O-])cc1)N(C)C1CCCC1CN. The minimum Gasteiger partial charge on any atom is -0.330 e. The van der Waals surface area contributed by atoms with Crippen LogP contribution in [0.5, 0.6) is 0 Å². The number of non-ortho nitro benzene ring substituents is 1. The molecule has 1 aromatic rings. The van der Waals surface area contributed by atoms with Crippen LogP contribution in [-0.4, -0.2) is 29.5 Å². The van der Waals surface area contributed by atoms with E-state index in [1.54, 1.807) is 12.1 Å². The van der Waals surface area contributed by atoms with Crippen LogP contribution >= 0.6 is 0 Å². The lowest BCUT2D eigenvalue weighted by Crippen LogP contribution is -2.39. The summed E-state index contributed by atoms with van der Waals surface area (Å²) in [6, 6.07) is 7.62. The van der Waals surface area contributed by atoms with E-state index < -0.39 is 0 Å². The highest BCUT2D eigenvalue weighted by Crippen LogP contribution is 2.33. The Hall–Kier alpha value is -1.46. The number of nitro groups is 1. The quantitative estimate of drug-likeness (QED) is 0.663. The molecule has 0 bridgehead atoms. The third kappa shape index (κ3) is 2.99. The first-order chi connectivity index (χ1) is 9.54. The van der Waals surface area contributed by atoms with E-state index in [1.807, 2.05) is 12.1 Å². The summed E-state index contributed by atoms with van der Waals surface area (Å²) >= 11 is 0. The monoisotopic (exact) mass is 277 g/mol. The number of nitrogens with two attached hydrogens (primary N) is 1. The van der Waals surface area contributed by atoms with Crippen molar-refractivity contribution >= 4 is 5.69 Å². The zero-order valence-corrected chi connectivity index (χ0v) is 12.2. The fourth-order valence-corrected chi connectivity index (χ4v) is 3.23. The van der Waals surface area contributed by atoms with E-state index in [2.05, 4.69) is 18.9 Å². The molecule has 0 radical (unpaired) electrons. The molecule has 20 heavy (non-hydrogen) atoms. The topological polar surface area (TPSA) is 72.4 Å². The van der Waals surface area contributed by atoms with Crippen LogP contribution in [0.4, 0.5) is 5.69 Å². The van der Waals surface area contributed by atoms with Gasteiger partial charge in [0.15, 0.2) is 0 Å². The van der Waals surface area contributed by atoms with Crippen molar-refractivity contribution in [3.05, 3.63) is 39.9 Å². The van der Waals surface area contributed by atoms with Crippen molar-refractivity contribution in [3.63, 3.8) is 0 Å². The third-order valence-corrected chi connectivity index (χ3v) is 4.64. The first-order valence-corrected chi connectivity index (χ1v) is 7.21. The summed E-state index contributed by atoms with van der Waals surface area (Å²) in [5, 5.41) is 10.7.